The van der Waals surface area contributed by atoms with Gasteiger partial charge in [-0.05, 0) is 25.2 Å². The molecule has 1 unspecified atom stereocenters. The third-order valence-corrected chi connectivity index (χ3v) is 3.99. The molecule has 0 bridgehead atoms. The monoisotopic (exact) mass is 244 g/mol. The molecule has 1 fully saturated rings. The summed E-state index contributed by atoms with van der Waals surface area (Å²) in [5, 5.41) is 0. The largest absolute Gasteiger partial charge is 0.383 e. The maximum atomic E-state index is 6.13. The molecule has 0 aliphatic heterocycles. The highest BCUT2D eigenvalue weighted by molar-refractivity contribution is 5.97. The summed E-state index contributed by atoms with van der Waals surface area (Å²) < 4.78 is 0. The molecule has 18 heavy (non-hydrogen) atoms. The molecule has 0 spiro atoms. The highest BCUT2D eigenvalue weighted by atomic mass is 14.9. The molecule has 1 aromatic rings. The van der Waals surface area contributed by atoms with Crippen LogP contribution in [-0.2, 0) is 0 Å². The number of hydrogen-bond acceptors (Lipinski definition) is 1. The highest BCUT2D eigenvalue weighted by Gasteiger charge is 2.22. The van der Waals surface area contributed by atoms with E-state index in [4.69, 9.17) is 10.7 Å². The van der Waals surface area contributed by atoms with Crippen LogP contribution in [0.2, 0.25) is 0 Å². The van der Waals surface area contributed by atoms with Crippen molar-refractivity contribution >= 4 is 5.84 Å². The van der Waals surface area contributed by atoms with Crippen molar-refractivity contribution in [2.75, 3.05) is 0 Å². The third-order valence-electron chi connectivity index (χ3n) is 3.99. The van der Waals surface area contributed by atoms with Gasteiger partial charge in [0.2, 0.25) is 0 Å². The molecule has 1 atom stereocenters. The smallest absolute Gasteiger partial charge is 0.125 e. The molecular formula is C16H24N2. The summed E-state index contributed by atoms with van der Waals surface area (Å²) >= 11 is 0. The number of rotatable bonds is 4. The number of nitrogens with two attached hydrogens (primary N) is 1. The molecule has 2 rings (SSSR count). The SMILES string of the molecule is CCC(N=C(N)c1ccccc1)C1CCCCC1. The summed E-state index contributed by atoms with van der Waals surface area (Å²) in [4.78, 5) is 4.78. The summed E-state index contributed by atoms with van der Waals surface area (Å²) in [6.07, 6.45) is 7.86. The second kappa shape index (κ2) is 6.58. The quantitative estimate of drug-likeness (QED) is 0.635. The van der Waals surface area contributed by atoms with Gasteiger partial charge in [-0.25, -0.2) is 0 Å². The van der Waals surface area contributed by atoms with Gasteiger partial charge < -0.3 is 5.73 Å². The van der Waals surface area contributed by atoms with Crippen molar-refractivity contribution in [3.8, 4) is 0 Å². The van der Waals surface area contributed by atoms with Gasteiger partial charge in [0.25, 0.3) is 0 Å². The Balaban J connectivity index is 2.08. The fourth-order valence-electron chi connectivity index (χ4n) is 2.91. The molecule has 1 aliphatic carbocycles. The molecule has 0 heterocycles. The minimum atomic E-state index is 0.408. The van der Waals surface area contributed by atoms with Gasteiger partial charge in [0.05, 0.1) is 6.04 Å². The summed E-state index contributed by atoms with van der Waals surface area (Å²) in [6, 6.07) is 10.5. The van der Waals surface area contributed by atoms with Crippen LogP contribution >= 0.6 is 0 Å². The van der Waals surface area contributed by atoms with Crippen molar-refractivity contribution in [2.24, 2.45) is 16.6 Å². The first kappa shape index (κ1) is 13.1. The Morgan fingerprint density at radius 2 is 1.89 bits per heavy atom. The number of hydrogen-bond donors (Lipinski definition) is 1. The maximum Gasteiger partial charge on any atom is 0.125 e. The Morgan fingerprint density at radius 1 is 1.22 bits per heavy atom. The summed E-state index contributed by atoms with van der Waals surface area (Å²) in [5.74, 6) is 1.44. The lowest BCUT2D eigenvalue weighted by atomic mass is 9.83. The predicted molar refractivity (Wildman–Crippen MR) is 77.8 cm³/mol. The lowest BCUT2D eigenvalue weighted by Crippen LogP contribution is -2.25. The van der Waals surface area contributed by atoms with Gasteiger partial charge >= 0.3 is 0 Å². The van der Waals surface area contributed by atoms with Gasteiger partial charge in [0, 0.05) is 5.56 Å². The van der Waals surface area contributed by atoms with Crippen molar-refractivity contribution in [2.45, 2.75) is 51.5 Å². The molecule has 98 valence electrons. The molecule has 2 heteroatoms. The van der Waals surface area contributed by atoms with Gasteiger partial charge in [-0.2, -0.15) is 0 Å². The molecule has 2 N–H and O–H groups in total. The number of benzene rings is 1. The lowest BCUT2D eigenvalue weighted by Gasteiger charge is -2.27. The van der Waals surface area contributed by atoms with E-state index in [9.17, 15) is 0 Å². The summed E-state index contributed by atoms with van der Waals surface area (Å²) in [6.45, 7) is 2.22. The van der Waals surface area contributed by atoms with E-state index in [0.717, 1.165) is 17.9 Å². The van der Waals surface area contributed by atoms with Crippen LogP contribution in [0, 0.1) is 5.92 Å². The zero-order valence-corrected chi connectivity index (χ0v) is 11.3. The standard InChI is InChI=1S/C16H24N2/c1-2-15(13-9-5-3-6-10-13)18-16(17)14-11-7-4-8-12-14/h4,7-8,11-13,15H,2-3,5-6,9-10H2,1H3,(H2,17,18). The molecule has 0 saturated heterocycles. The molecule has 0 aromatic heterocycles. The van der Waals surface area contributed by atoms with Crippen LogP contribution in [0.15, 0.2) is 35.3 Å². The van der Waals surface area contributed by atoms with Crippen LogP contribution in [0.5, 0.6) is 0 Å². The Morgan fingerprint density at radius 3 is 2.50 bits per heavy atom. The molecule has 2 nitrogen and oxygen atoms in total. The van der Waals surface area contributed by atoms with E-state index in [1.807, 2.05) is 30.3 Å². The zero-order chi connectivity index (χ0) is 12.8. The Labute approximate surface area is 110 Å². The number of nitrogens with zero attached hydrogens (tertiary/aromatic N) is 1. The fraction of sp³-hybridized carbons (Fsp3) is 0.562. The van der Waals surface area contributed by atoms with Crippen molar-refractivity contribution < 1.29 is 0 Å². The van der Waals surface area contributed by atoms with E-state index in [2.05, 4.69) is 6.92 Å². The van der Waals surface area contributed by atoms with E-state index in [1.165, 1.54) is 32.1 Å². The van der Waals surface area contributed by atoms with E-state index >= 15 is 0 Å². The first-order valence-electron chi connectivity index (χ1n) is 7.20. The van der Waals surface area contributed by atoms with Gasteiger partial charge in [-0.1, -0.05) is 56.5 Å². The number of amidine groups is 1. The van der Waals surface area contributed by atoms with Gasteiger partial charge in [-0.15, -0.1) is 0 Å². The third kappa shape index (κ3) is 3.34. The van der Waals surface area contributed by atoms with E-state index in [0.29, 0.717) is 11.9 Å². The Kier molecular flexibility index (Phi) is 4.80. The molecule has 1 aromatic carbocycles. The normalized spacial score (nSPS) is 19.7. The Bertz CT molecular complexity index is 377. The maximum absolute atomic E-state index is 6.13. The molecular weight excluding hydrogens is 220 g/mol. The van der Waals surface area contributed by atoms with Crippen molar-refractivity contribution in [3.63, 3.8) is 0 Å². The van der Waals surface area contributed by atoms with E-state index in [-0.39, 0.29) is 0 Å². The van der Waals surface area contributed by atoms with Crippen molar-refractivity contribution in [1.82, 2.24) is 0 Å². The Hall–Kier alpha value is -1.31. The fourth-order valence-corrected chi connectivity index (χ4v) is 2.91. The summed E-state index contributed by atoms with van der Waals surface area (Å²) in [7, 11) is 0. The van der Waals surface area contributed by atoms with Crippen LogP contribution in [0.25, 0.3) is 0 Å². The minimum Gasteiger partial charge on any atom is -0.383 e. The second-order valence-corrected chi connectivity index (χ2v) is 5.25. The van der Waals surface area contributed by atoms with Crippen molar-refractivity contribution in [3.05, 3.63) is 35.9 Å². The molecule has 0 radical (unpaired) electrons. The molecule has 0 amide bonds. The van der Waals surface area contributed by atoms with Crippen molar-refractivity contribution in [1.29, 1.82) is 0 Å². The van der Waals surface area contributed by atoms with Crippen LogP contribution in [0.1, 0.15) is 51.0 Å². The lowest BCUT2D eigenvalue weighted by molar-refractivity contribution is 0.301. The average molecular weight is 244 g/mol. The van der Waals surface area contributed by atoms with Crippen LogP contribution < -0.4 is 5.73 Å². The van der Waals surface area contributed by atoms with Gasteiger partial charge in [-0.3, -0.25) is 4.99 Å². The minimum absolute atomic E-state index is 0.408. The molecule has 1 saturated carbocycles. The summed E-state index contributed by atoms with van der Waals surface area (Å²) in [5.41, 5.74) is 7.18. The first-order valence-corrected chi connectivity index (χ1v) is 7.20. The second-order valence-electron chi connectivity index (χ2n) is 5.25. The van der Waals surface area contributed by atoms with Gasteiger partial charge in [0.15, 0.2) is 0 Å². The first-order chi connectivity index (χ1) is 8.81. The molecule has 1 aliphatic rings. The predicted octanol–water partition coefficient (Wildman–Crippen LogP) is 3.75. The van der Waals surface area contributed by atoms with Crippen LogP contribution in [0.4, 0.5) is 0 Å². The number of aliphatic imine (C=N–C) groups is 1. The highest BCUT2D eigenvalue weighted by Crippen LogP contribution is 2.29. The topological polar surface area (TPSA) is 38.4 Å². The van der Waals surface area contributed by atoms with Crippen LogP contribution in [0.3, 0.4) is 0 Å². The van der Waals surface area contributed by atoms with E-state index < -0.39 is 0 Å². The average Bonchev–Trinajstić information content (AvgIpc) is 2.46. The zero-order valence-electron chi connectivity index (χ0n) is 11.3. The van der Waals surface area contributed by atoms with E-state index in [1.54, 1.807) is 0 Å². The van der Waals surface area contributed by atoms with Crippen LogP contribution in [-0.4, -0.2) is 11.9 Å². The van der Waals surface area contributed by atoms with Gasteiger partial charge in [0.1, 0.15) is 5.84 Å².